The molecule has 0 spiro atoms. The third kappa shape index (κ3) is 5.04. The van der Waals surface area contributed by atoms with E-state index in [0.29, 0.717) is 23.5 Å². The van der Waals surface area contributed by atoms with E-state index >= 15 is 0 Å². The largest absolute Gasteiger partial charge is 0.326 e. The summed E-state index contributed by atoms with van der Waals surface area (Å²) in [5, 5.41) is 9.85. The van der Waals surface area contributed by atoms with Crippen LogP contribution in [0.1, 0.15) is 29.8 Å². The number of amides is 2. The molecule has 2 aromatic carbocycles. The van der Waals surface area contributed by atoms with E-state index < -0.39 is 0 Å². The molecule has 2 N–H and O–H groups in total. The molecule has 0 aliphatic heterocycles. The summed E-state index contributed by atoms with van der Waals surface area (Å²) >= 11 is 0. The van der Waals surface area contributed by atoms with E-state index in [9.17, 15) is 9.59 Å². The number of nitrogens with one attached hydrogen (secondary N) is 2. The normalized spacial score (nSPS) is 10.6. The van der Waals surface area contributed by atoms with Crippen LogP contribution in [0.2, 0.25) is 0 Å². The Morgan fingerprint density at radius 1 is 0.963 bits per heavy atom. The number of carbonyl (C=O) groups excluding carboxylic acids is 2. The van der Waals surface area contributed by atoms with Crippen LogP contribution in [0.15, 0.2) is 67.0 Å². The Labute approximate surface area is 158 Å². The first kappa shape index (κ1) is 18.4. The molecule has 3 rings (SSSR count). The fourth-order valence-electron chi connectivity index (χ4n) is 2.47. The average molecular weight is 362 g/mol. The van der Waals surface area contributed by atoms with Crippen LogP contribution in [0, 0.1) is 5.92 Å². The molecule has 6 heteroatoms. The number of nitrogens with zero attached hydrogens (tertiary/aromatic N) is 2. The summed E-state index contributed by atoms with van der Waals surface area (Å²) in [7, 11) is 0. The third-order valence-electron chi connectivity index (χ3n) is 4.05. The zero-order chi connectivity index (χ0) is 19.2. The quantitative estimate of drug-likeness (QED) is 0.701. The van der Waals surface area contributed by atoms with Crippen LogP contribution in [-0.4, -0.2) is 21.6 Å². The van der Waals surface area contributed by atoms with Gasteiger partial charge in [-0.1, -0.05) is 26.0 Å². The fourth-order valence-corrected chi connectivity index (χ4v) is 2.47. The Bertz CT molecular complexity index is 898. The number of benzene rings is 2. The molecular weight excluding hydrogens is 340 g/mol. The Balaban J connectivity index is 1.59. The van der Waals surface area contributed by atoms with Gasteiger partial charge in [0.1, 0.15) is 0 Å². The van der Waals surface area contributed by atoms with Crippen LogP contribution in [-0.2, 0) is 11.3 Å². The van der Waals surface area contributed by atoms with E-state index in [2.05, 4.69) is 15.7 Å². The minimum Gasteiger partial charge on any atom is -0.326 e. The van der Waals surface area contributed by atoms with Crippen molar-refractivity contribution in [3.63, 3.8) is 0 Å². The fraction of sp³-hybridized carbons (Fsp3) is 0.190. The van der Waals surface area contributed by atoms with E-state index in [1.807, 2.05) is 42.9 Å². The number of aromatic nitrogens is 2. The summed E-state index contributed by atoms with van der Waals surface area (Å²) in [4.78, 5) is 24.1. The van der Waals surface area contributed by atoms with Crippen LogP contribution in [0.3, 0.4) is 0 Å². The van der Waals surface area contributed by atoms with Gasteiger partial charge in [-0.3, -0.25) is 14.3 Å². The van der Waals surface area contributed by atoms with Crippen molar-refractivity contribution in [2.75, 3.05) is 10.6 Å². The van der Waals surface area contributed by atoms with Gasteiger partial charge >= 0.3 is 0 Å². The Kier molecular flexibility index (Phi) is 5.66. The third-order valence-corrected chi connectivity index (χ3v) is 4.05. The topological polar surface area (TPSA) is 76.0 Å². The van der Waals surface area contributed by atoms with E-state index in [1.54, 1.807) is 42.6 Å². The van der Waals surface area contributed by atoms with Gasteiger partial charge in [0.15, 0.2) is 0 Å². The molecule has 0 atom stereocenters. The monoisotopic (exact) mass is 362 g/mol. The molecule has 2 amide bonds. The van der Waals surface area contributed by atoms with E-state index in [0.717, 1.165) is 5.56 Å². The maximum absolute atomic E-state index is 12.4. The van der Waals surface area contributed by atoms with Gasteiger partial charge in [0.05, 0.1) is 6.54 Å². The lowest BCUT2D eigenvalue weighted by Gasteiger charge is -2.10. The maximum atomic E-state index is 12.4. The van der Waals surface area contributed by atoms with Crippen molar-refractivity contribution in [3.05, 3.63) is 78.1 Å². The molecule has 27 heavy (non-hydrogen) atoms. The summed E-state index contributed by atoms with van der Waals surface area (Å²) in [6.07, 6.45) is 3.63. The van der Waals surface area contributed by atoms with Crippen LogP contribution < -0.4 is 10.6 Å². The zero-order valence-electron chi connectivity index (χ0n) is 15.3. The van der Waals surface area contributed by atoms with E-state index in [1.165, 1.54) is 0 Å². The number of rotatable bonds is 6. The highest BCUT2D eigenvalue weighted by Gasteiger charge is 2.09. The van der Waals surface area contributed by atoms with Gasteiger partial charge < -0.3 is 10.6 Å². The van der Waals surface area contributed by atoms with Gasteiger partial charge in [0.25, 0.3) is 5.91 Å². The number of hydrogen-bond donors (Lipinski definition) is 2. The Morgan fingerprint density at radius 2 is 1.59 bits per heavy atom. The van der Waals surface area contributed by atoms with Crippen molar-refractivity contribution >= 4 is 23.2 Å². The van der Waals surface area contributed by atoms with Crippen LogP contribution >= 0.6 is 0 Å². The second kappa shape index (κ2) is 8.31. The minimum absolute atomic E-state index is 0.0398. The average Bonchev–Trinajstić information content (AvgIpc) is 3.17. The second-order valence-electron chi connectivity index (χ2n) is 6.58. The summed E-state index contributed by atoms with van der Waals surface area (Å²) in [6.45, 7) is 4.34. The Hall–Kier alpha value is -3.41. The van der Waals surface area contributed by atoms with Crippen LogP contribution in [0.5, 0.6) is 0 Å². The van der Waals surface area contributed by atoms with Crippen molar-refractivity contribution in [1.29, 1.82) is 0 Å². The molecule has 3 aromatic rings. The molecule has 0 saturated carbocycles. The van der Waals surface area contributed by atoms with Gasteiger partial charge in [0, 0.05) is 35.2 Å². The predicted octanol–water partition coefficient (Wildman–Crippen LogP) is 3.78. The van der Waals surface area contributed by atoms with Gasteiger partial charge in [0.2, 0.25) is 5.91 Å². The summed E-state index contributed by atoms with van der Waals surface area (Å²) in [5.74, 6) is -0.303. The molecule has 1 aromatic heterocycles. The van der Waals surface area contributed by atoms with Crippen LogP contribution in [0.4, 0.5) is 11.4 Å². The summed E-state index contributed by atoms with van der Waals surface area (Å²) in [5.41, 5.74) is 3.02. The van der Waals surface area contributed by atoms with Crippen LogP contribution in [0.25, 0.3) is 0 Å². The standard InChI is InChI=1S/C21H22N4O2/c1-15(2)20(26)23-18-8-10-19(11-9-18)24-21(27)17-6-4-16(5-7-17)14-25-13-3-12-22-25/h3-13,15H,14H2,1-2H3,(H,23,26)(H,24,27). The summed E-state index contributed by atoms with van der Waals surface area (Å²) in [6, 6.07) is 16.4. The Morgan fingerprint density at radius 3 is 2.15 bits per heavy atom. The first-order valence-corrected chi connectivity index (χ1v) is 8.80. The zero-order valence-corrected chi connectivity index (χ0v) is 15.3. The molecule has 0 saturated heterocycles. The highest BCUT2D eigenvalue weighted by atomic mass is 16.2. The van der Waals surface area contributed by atoms with Crippen molar-refractivity contribution in [1.82, 2.24) is 9.78 Å². The number of hydrogen-bond acceptors (Lipinski definition) is 3. The molecule has 0 radical (unpaired) electrons. The first-order chi connectivity index (χ1) is 13.0. The van der Waals surface area contributed by atoms with Gasteiger partial charge in [-0.25, -0.2) is 0 Å². The highest BCUT2D eigenvalue weighted by molar-refractivity contribution is 6.04. The van der Waals surface area contributed by atoms with Gasteiger partial charge in [-0.05, 0) is 48.0 Å². The number of carbonyl (C=O) groups is 2. The molecule has 1 heterocycles. The van der Waals surface area contributed by atoms with E-state index in [-0.39, 0.29) is 17.7 Å². The van der Waals surface area contributed by atoms with Crippen molar-refractivity contribution in [3.8, 4) is 0 Å². The van der Waals surface area contributed by atoms with Gasteiger partial charge in [-0.2, -0.15) is 5.10 Å². The van der Waals surface area contributed by atoms with Crippen molar-refractivity contribution in [2.24, 2.45) is 5.92 Å². The molecule has 0 aliphatic carbocycles. The molecule has 138 valence electrons. The first-order valence-electron chi connectivity index (χ1n) is 8.80. The van der Waals surface area contributed by atoms with Crippen molar-refractivity contribution in [2.45, 2.75) is 20.4 Å². The summed E-state index contributed by atoms with van der Waals surface area (Å²) < 4.78 is 1.83. The second-order valence-corrected chi connectivity index (χ2v) is 6.58. The van der Waals surface area contributed by atoms with E-state index in [4.69, 9.17) is 0 Å². The molecule has 0 bridgehead atoms. The highest BCUT2D eigenvalue weighted by Crippen LogP contribution is 2.16. The SMILES string of the molecule is CC(C)C(=O)Nc1ccc(NC(=O)c2ccc(Cn3cccn3)cc2)cc1. The molecular formula is C21H22N4O2. The lowest BCUT2D eigenvalue weighted by Crippen LogP contribution is -2.17. The molecule has 0 unspecified atom stereocenters. The lowest BCUT2D eigenvalue weighted by molar-refractivity contribution is -0.118. The van der Waals surface area contributed by atoms with Gasteiger partial charge in [-0.15, -0.1) is 0 Å². The number of anilines is 2. The minimum atomic E-state index is -0.181. The maximum Gasteiger partial charge on any atom is 0.255 e. The molecule has 6 nitrogen and oxygen atoms in total. The molecule has 0 aliphatic rings. The predicted molar refractivity (Wildman–Crippen MR) is 106 cm³/mol. The smallest absolute Gasteiger partial charge is 0.255 e. The van der Waals surface area contributed by atoms with Crippen molar-refractivity contribution < 1.29 is 9.59 Å². The molecule has 0 fully saturated rings. The lowest BCUT2D eigenvalue weighted by atomic mass is 10.1.